The molecule has 1 unspecified atom stereocenters. The van der Waals surface area contributed by atoms with Crippen molar-refractivity contribution in [2.45, 2.75) is 64.5 Å². The van der Waals surface area contributed by atoms with E-state index in [0.29, 0.717) is 30.7 Å². The number of hydrogen-bond donors (Lipinski definition) is 1. The van der Waals surface area contributed by atoms with Gasteiger partial charge in [-0.3, -0.25) is 0 Å². The van der Waals surface area contributed by atoms with Crippen LogP contribution in [0.5, 0.6) is 0 Å². The fourth-order valence-corrected chi connectivity index (χ4v) is 2.53. The van der Waals surface area contributed by atoms with Crippen LogP contribution >= 0.6 is 0 Å². The highest BCUT2D eigenvalue weighted by atomic mass is 16.5. The van der Waals surface area contributed by atoms with E-state index in [4.69, 9.17) is 15.0 Å². The van der Waals surface area contributed by atoms with Crippen molar-refractivity contribution >= 4 is 0 Å². The number of rotatable bonds is 8. The average Bonchev–Trinajstić information content (AvgIpc) is 3.17. The molecule has 1 saturated carbocycles. The summed E-state index contributed by atoms with van der Waals surface area (Å²) >= 11 is 0. The largest absolute Gasteiger partial charge is 0.367 e. The summed E-state index contributed by atoms with van der Waals surface area (Å²) in [5.41, 5.74) is 5.68. The van der Waals surface area contributed by atoms with Gasteiger partial charge >= 0.3 is 0 Å². The van der Waals surface area contributed by atoms with Crippen LogP contribution in [0.3, 0.4) is 0 Å². The summed E-state index contributed by atoms with van der Waals surface area (Å²) < 4.78 is 11.2. The highest BCUT2D eigenvalue weighted by molar-refractivity contribution is 5.02. The summed E-state index contributed by atoms with van der Waals surface area (Å²) in [6.45, 7) is 6.81. The van der Waals surface area contributed by atoms with Crippen molar-refractivity contribution < 1.29 is 9.26 Å². The summed E-state index contributed by atoms with van der Waals surface area (Å²) in [5.74, 6) is 1.95. The second-order valence-corrected chi connectivity index (χ2v) is 5.35. The minimum absolute atomic E-state index is 0.151. The molecule has 1 heterocycles. The van der Waals surface area contributed by atoms with Gasteiger partial charge in [-0.25, -0.2) is 0 Å². The molecule has 2 rings (SSSR count). The van der Waals surface area contributed by atoms with Crippen LogP contribution in [0.4, 0.5) is 0 Å². The Balaban J connectivity index is 2.08. The normalized spacial score (nSPS) is 17.7. The Morgan fingerprint density at radius 1 is 1.37 bits per heavy atom. The van der Waals surface area contributed by atoms with Gasteiger partial charge in [-0.2, -0.15) is 4.98 Å². The van der Waals surface area contributed by atoms with Crippen LogP contribution in [-0.2, 0) is 16.8 Å². The zero-order valence-corrected chi connectivity index (χ0v) is 12.2. The van der Waals surface area contributed by atoms with Gasteiger partial charge in [-0.05, 0) is 38.5 Å². The van der Waals surface area contributed by atoms with Gasteiger partial charge in [0, 0.05) is 19.1 Å². The van der Waals surface area contributed by atoms with Crippen molar-refractivity contribution in [3.05, 3.63) is 11.7 Å². The van der Waals surface area contributed by atoms with Crippen LogP contribution in [0.25, 0.3) is 0 Å². The van der Waals surface area contributed by atoms with Crippen LogP contribution in [0.2, 0.25) is 0 Å². The van der Waals surface area contributed by atoms with Crippen molar-refractivity contribution in [2.75, 3.05) is 6.61 Å². The Labute approximate surface area is 114 Å². The second kappa shape index (κ2) is 6.01. The Morgan fingerprint density at radius 3 is 2.58 bits per heavy atom. The molecule has 19 heavy (non-hydrogen) atoms. The highest BCUT2D eigenvalue weighted by Gasteiger charge is 2.35. The highest BCUT2D eigenvalue weighted by Crippen LogP contribution is 2.34. The fourth-order valence-electron chi connectivity index (χ4n) is 2.53. The van der Waals surface area contributed by atoms with Gasteiger partial charge in [0.1, 0.15) is 5.60 Å². The first-order valence-electron chi connectivity index (χ1n) is 7.37. The SMILES string of the molecule is CCOC(CC)(CC)c1noc(CC(N)C2CC2)n1. The van der Waals surface area contributed by atoms with Crippen LogP contribution in [0.1, 0.15) is 58.2 Å². The molecule has 2 N–H and O–H groups in total. The van der Waals surface area contributed by atoms with Crippen molar-refractivity contribution in [1.82, 2.24) is 10.1 Å². The standard InChI is InChI=1S/C14H25N3O2/c1-4-14(5-2,18-6-3)13-16-12(19-17-13)9-11(15)10-7-8-10/h10-11H,4-9,15H2,1-3H3. The first kappa shape index (κ1) is 14.5. The summed E-state index contributed by atoms with van der Waals surface area (Å²) in [4.78, 5) is 4.51. The molecule has 1 atom stereocenters. The van der Waals surface area contributed by atoms with Gasteiger partial charge in [0.15, 0.2) is 0 Å². The molecule has 5 nitrogen and oxygen atoms in total. The van der Waals surface area contributed by atoms with E-state index >= 15 is 0 Å². The molecule has 1 aliphatic rings. The van der Waals surface area contributed by atoms with E-state index in [9.17, 15) is 0 Å². The van der Waals surface area contributed by atoms with Gasteiger partial charge in [0.2, 0.25) is 11.7 Å². The number of nitrogens with zero attached hydrogens (tertiary/aromatic N) is 2. The summed E-state index contributed by atoms with van der Waals surface area (Å²) in [6.07, 6.45) is 4.81. The first-order valence-corrected chi connectivity index (χ1v) is 7.37. The molecular formula is C14H25N3O2. The molecule has 0 radical (unpaired) electrons. The van der Waals surface area contributed by atoms with Gasteiger partial charge in [0.25, 0.3) is 0 Å². The van der Waals surface area contributed by atoms with Crippen LogP contribution < -0.4 is 5.73 Å². The lowest BCUT2D eigenvalue weighted by molar-refractivity contribution is -0.0583. The maximum absolute atomic E-state index is 6.09. The van der Waals surface area contributed by atoms with Gasteiger partial charge in [-0.1, -0.05) is 19.0 Å². The minimum atomic E-state index is -0.416. The lowest BCUT2D eigenvalue weighted by Gasteiger charge is -2.27. The zero-order chi connectivity index (χ0) is 13.9. The Morgan fingerprint density at radius 2 is 2.05 bits per heavy atom. The molecule has 0 aromatic carbocycles. The molecule has 0 aliphatic heterocycles. The van der Waals surface area contributed by atoms with Gasteiger partial charge in [0.05, 0.1) is 0 Å². The first-order chi connectivity index (χ1) is 9.15. The lowest BCUT2D eigenvalue weighted by Crippen LogP contribution is -2.30. The van der Waals surface area contributed by atoms with Crippen LogP contribution in [0.15, 0.2) is 4.52 Å². The summed E-state index contributed by atoms with van der Waals surface area (Å²) in [7, 11) is 0. The smallest absolute Gasteiger partial charge is 0.228 e. The second-order valence-electron chi connectivity index (χ2n) is 5.35. The van der Waals surface area contributed by atoms with Gasteiger partial charge < -0.3 is 15.0 Å². The molecule has 0 spiro atoms. The topological polar surface area (TPSA) is 74.2 Å². The number of aromatic nitrogens is 2. The number of ether oxygens (including phenoxy) is 1. The van der Waals surface area contributed by atoms with E-state index in [1.165, 1.54) is 12.8 Å². The van der Waals surface area contributed by atoms with Crippen LogP contribution in [-0.4, -0.2) is 22.8 Å². The van der Waals surface area contributed by atoms with E-state index in [-0.39, 0.29) is 6.04 Å². The maximum atomic E-state index is 6.09. The van der Waals surface area contributed by atoms with E-state index < -0.39 is 5.60 Å². The Kier molecular flexibility index (Phi) is 4.58. The van der Waals surface area contributed by atoms with Crippen molar-refractivity contribution in [3.8, 4) is 0 Å². The molecular weight excluding hydrogens is 242 g/mol. The molecule has 0 bridgehead atoms. The van der Waals surface area contributed by atoms with Crippen molar-refractivity contribution in [2.24, 2.45) is 11.7 Å². The molecule has 1 fully saturated rings. The van der Waals surface area contributed by atoms with E-state index in [1.54, 1.807) is 0 Å². The van der Waals surface area contributed by atoms with Crippen LogP contribution in [0, 0.1) is 5.92 Å². The minimum Gasteiger partial charge on any atom is -0.367 e. The predicted molar refractivity (Wildman–Crippen MR) is 72.6 cm³/mol. The quantitative estimate of drug-likeness (QED) is 0.783. The molecule has 1 aliphatic carbocycles. The fraction of sp³-hybridized carbons (Fsp3) is 0.857. The monoisotopic (exact) mass is 267 g/mol. The molecule has 1 aromatic heterocycles. The van der Waals surface area contributed by atoms with Gasteiger partial charge in [-0.15, -0.1) is 0 Å². The third kappa shape index (κ3) is 3.15. The maximum Gasteiger partial charge on any atom is 0.228 e. The van der Waals surface area contributed by atoms with E-state index in [0.717, 1.165) is 12.8 Å². The average molecular weight is 267 g/mol. The third-order valence-electron chi connectivity index (χ3n) is 4.08. The lowest BCUT2D eigenvalue weighted by atomic mass is 9.96. The third-order valence-corrected chi connectivity index (χ3v) is 4.08. The van der Waals surface area contributed by atoms with Crippen molar-refractivity contribution in [1.29, 1.82) is 0 Å². The molecule has 0 saturated heterocycles. The molecule has 108 valence electrons. The number of hydrogen-bond acceptors (Lipinski definition) is 5. The molecule has 5 heteroatoms. The van der Waals surface area contributed by atoms with E-state index in [1.807, 2.05) is 6.92 Å². The summed E-state index contributed by atoms with van der Waals surface area (Å²) in [6, 6.07) is 0.151. The Hall–Kier alpha value is -0.940. The zero-order valence-electron chi connectivity index (χ0n) is 12.2. The predicted octanol–water partition coefficient (Wildman–Crippen LogP) is 2.40. The van der Waals surface area contributed by atoms with Crippen molar-refractivity contribution in [3.63, 3.8) is 0 Å². The Bertz CT molecular complexity index is 397. The number of nitrogens with two attached hydrogens (primary N) is 1. The van der Waals surface area contributed by atoms with E-state index in [2.05, 4.69) is 24.0 Å². The molecule has 1 aromatic rings. The summed E-state index contributed by atoms with van der Waals surface area (Å²) in [5, 5.41) is 4.12. The molecule has 0 amide bonds.